The van der Waals surface area contributed by atoms with Crippen LogP contribution in [0.15, 0.2) is 18.2 Å². The van der Waals surface area contributed by atoms with Crippen LogP contribution in [0.1, 0.15) is 19.3 Å². The van der Waals surface area contributed by atoms with Crippen molar-refractivity contribution in [1.29, 1.82) is 0 Å². The second-order valence-corrected chi connectivity index (χ2v) is 7.18. The smallest absolute Gasteiger partial charge is 0.235 e. The molecule has 1 aliphatic rings. The van der Waals surface area contributed by atoms with Crippen LogP contribution in [0, 0.1) is 5.82 Å². The predicted molar refractivity (Wildman–Crippen MR) is 91.2 cm³/mol. The van der Waals surface area contributed by atoms with Crippen molar-refractivity contribution in [3.8, 4) is 0 Å². The average Bonchev–Trinajstić information content (AvgIpc) is 2.81. The molecular weight excluding hydrogens is 345 g/mol. The summed E-state index contributed by atoms with van der Waals surface area (Å²) in [6.45, 7) is 0.993. The largest absolute Gasteiger partial charge is 0.326 e. The Morgan fingerprint density at radius 1 is 1.39 bits per heavy atom. The first-order chi connectivity index (χ1) is 10.4. The second kappa shape index (κ2) is 8.47. The van der Waals surface area contributed by atoms with Crippen LogP contribution in [0.3, 0.4) is 0 Å². The van der Waals surface area contributed by atoms with Crippen LogP contribution in [0.4, 0.5) is 15.8 Å². The van der Waals surface area contributed by atoms with Crippen molar-refractivity contribution in [3.63, 3.8) is 0 Å². The molecule has 1 aromatic carbocycles. The van der Waals surface area contributed by atoms with Crippen molar-refractivity contribution in [2.24, 2.45) is 0 Å². The normalized spacial score (nSPS) is 16.0. The maximum absolute atomic E-state index is 13.9. The lowest BCUT2D eigenvalue weighted by molar-refractivity contribution is -0.116. The molecular formula is C14H21ClFN3O3S. The van der Waals surface area contributed by atoms with Crippen LogP contribution >= 0.6 is 12.4 Å². The summed E-state index contributed by atoms with van der Waals surface area (Å²) in [5.41, 5.74) is 0.387. The molecule has 1 saturated heterocycles. The third kappa shape index (κ3) is 5.05. The van der Waals surface area contributed by atoms with Crippen LogP contribution in [0.2, 0.25) is 0 Å². The third-order valence-corrected chi connectivity index (χ3v) is 5.28. The number of hydrogen-bond acceptors (Lipinski definition) is 4. The minimum Gasteiger partial charge on any atom is -0.326 e. The average molecular weight is 366 g/mol. The Bertz CT molecular complexity index is 655. The highest BCUT2D eigenvalue weighted by Crippen LogP contribution is 2.29. The van der Waals surface area contributed by atoms with Crippen LogP contribution in [-0.4, -0.2) is 40.2 Å². The number of rotatable bonds is 6. The van der Waals surface area contributed by atoms with Gasteiger partial charge in [0, 0.05) is 18.7 Å². The Balaban J connectivity index is 0.00000264. The molecule has 1 amide bonds. The van der Waals surface area contributed by atoms with Crippen LogP contribution < -0.4 is 14.9 Å². The fourth-order valence-electron chi connectivity index (χ4n) is 2.34. The number of carbonyl (C=O) groups excluding carboxylic acids is 1. The lowest BCUT2D eigenvalue weighted by atomic mass is 10.2. The van der Waals surface area contributed by atoms with E-state index in [0.29, 0.717) is 24.9 Å². The molecule has 0 unspecified atom stereocenters. The molecule has 0 aromatic heterocycles. The Labute approximate surface area is 141 Å². The van der Waals surface area contributed by atoms with Gasteiger partial charge in [-0.15, -0.1) is 12.4 Å². The number of hydrogen-bond donors (Lipinski definition) is 2. The molecule has 9 heteroatoms. The number of sulfonamides is 1. The van der Waals surface area contributed by atoms with Gasteiger partial charge in [0.05, 0.1) is 11.4 Å². The zero-order valence-electron chi connectivity index (χ0n) is 12.8. The Morgan fingerprint density at radius 2 is 2.13 bits per heavy atom. The summed E-state index contributed by atoms with van der Waals surface area (Å²) in [4.78, 5) is 11.8. The maximum Gasteiger partial charge on any atom is 0.235 e. The maximum atomic E-state index is 13.9. The van der Waals surface area contributed by atoms with Crippen LogP contribution in [-0.2, 0) is 14.8 Å². The number of anilines is 2. The zero-order valence-corrected chi connectivity index (χ0v) is 14.5. The van der Waals surface area contributed by atoms with E-state index in [-0.39, 0.29) is 36.3 Å². The van der Waals surface area contributed by atoms with Crippen LogP contribution in [0.25, 0.3) is 0 Å². The molecule has 0 aliphatic carbocycles. The number of amides is 1. The SMILES string of the molecule is CNCCCC(=O)Nc1ccc(F)c(N2CCCS2(=O)=O)c1.Cl. The molecule has 1 heterocycles. The van der Waals surface area contributed by atoms with E-state index in [2.05, 4.69) is 10.6 Å². The standard InChI is InChI=1S/C14H20FN3O3S.ClH/c1-16-7-2-4-14(19)17-11-5-6-12(15)13(10-11)18-8-3-9-22(18,20)21;/h5-6,10,16H,2-4,7-9H2,1H3,(H,17,19);1H. The highest BCUT2D eigenvalue weighted by Gasteiger charge is 2.30. The van der Waals surface area contributed by atoms with Gasteiger partial charge < -0.3 is 10.6 Å². The van der Waals surface area contributed by atoms with E-state index in [0.717, 1.165) is 10.8 Å². The fraction of sp³-hybridized carbons (Fsp3) is 0.500. The highest BCUT2D eigenvalue weighted by molar-refractivity contribution is 7.93. The third-order valence-electron chi connectivity index (χ3n) is 3.43. The van der Waals surface area contributed by atoms with Crippen LogP contribution in [0.5, 0.6) is 0 Å². The van der Waals surface area contributed by atoms with Gasteiger partial charge in [0.15, 0.2) is 0 Å². The summed E-state index contributed by atoms with van der Waals surface area (Å²) in [5, 5.41) is 5.61. The van der Waals surface area contributed by atoms with Gasteiger partial charge in [0.1, 0.15) is 5.82 Å². The number of benzene rings is 1. The molecule has 0 spiro atoms. The van der Waals surface area contributed by atoms with Crippen molar-refractivity contribution in [2.45, 2.75) is 19.3 Å². The summed E-state index contributed by atoms with van der Waals surface area (Å²) in [7, 11) is -1.65. The molecule has 1 fully saturated rings. The van der Waals surface area contributed by atoms with E-state index in [1.165, 1.54) is 18.2 Å². The molecule has 2 rings (SSSR count). The van der Waals surface area contributed by atoms with Crippen molar-refractivity contribution < 1.29 is 17.6 Å². The quantitative estimate of drug-likeness (QED) is 0.752. The predicted octanol–water partition coefficient (Wildman–Crippen LogP) is 1.73. The summed E-state index contributed by atoms with van der Waals surface area (Å²) >= 11 is 0. The lowest BCUT2D eigenvalue weighted by Gasteiger charge is -2.18. The van der Waals surface area contributed by atoms with E-state index < -0.39 is 15.8 Å². The molecule has 23 heavy (non-hydrogen) atoms. The summed E-state index contributed by atoms with van der Waals surface area (Å²) in [6, 6.07) is 3.97. The van der Waals surface area contributed by atoms with Crippen molar-refractivity contribution in [2.75, 3.05) is 35.5 Å². The monoisotopic (exact) mass is 365 g/mol. The molecule has 0 atom stereocenters. The fourth-order valence-corrected chi connectivity index (χ4v) is 3.90. The van der Waals surface area contributed by atoms with Gasteiger partial charge in [0.25, 0.3) is 0 Å². The Morgan fingerprint density at radius 3 is 2.74 bits per heavy atom. The summed E-state index contributed by atoms with van der Waals surface area (Å²) < 4.78 is 38.8. The van der Waals surface area contributed by atoms with E-state index in [4.69, 9.17) is 0 Å². The van der Waals surface area contributed by atoms with E-state index in [9.17, 15) is 17.6 Å². The zero-order chi connectivity index (χ0) is 16.2. The van der Waals surface area contributed by atoms with Gasteiger partial charge >= 0.3 is 0 Å². The van der Waals surface area contributed by atoms with Gasteiger partial charge in [0.2, 0.25) is 15.9 Å². The van der Waals surface area contributed by atoms with Gasteiger partial charge in [-0.3, -0.25) is 9.10 Å². The minimum absolute atomic E-state index is 0. The van der Waals surface area contributed by atoms with Gasteiger partial charge in [-0.25, -0.2) is 12.8 Å². The van der Waals surface area contributed by atoms with Crippen molar-refractivity contribution in [3.05, 3.63) is 24.0 Å². The van der Waals surface area contributed by atoms with E-state index in [1.807, 2.05) is 0 Å². The molecule has 0 radical (unpaired) electrons. The lowest BCUT2D eigenvalue weighted by Crippen LogP contribution is -2.26. The molecule has 6 nitrogen and oxygen atoms in total. The van der Waals surface area contributed by atoms with Crippen molar-refractivity contribution in [1.82, 2.24) is 5.32 Å². The highest BCUT2D eigenvalue weighted by atomic mass is 35.5. The van der Waals surface area contributed by atoms with E-state index >= 15 is 0 Å². The summed E-state index contributed by atoms with van der Waals surface area (Å²) in [5.74, 6) is -0.775. The number of halogens is 2. The van der Waals surface area contributed by atoms with Gasteiger partial charge in [-0.1, -0.05) is 0 Å². The Kier molecular flexibility index (Phi) is 7.24. The summed E-state index contributed by atoms with van der Waals surface area (Å²) in [6.07, 6.45) is 1.51. The van der Waals surface area contributed by atoms with Crippen molar-refractivity contribution >= 4 is 39.7 Å². The van der Waals surface area contributed by atoms with E-state index in [1.54, 1.807) is 7.05 Å². The first-order valence-corrected chi connectivity index (χ1v) is 8.79. The molecule has 2 N–H and O–H groups in total. The molecule has 0 bridgehead atoms. The van der Waals surface area contributed by atoms with Gasteiger partial charge in [-0.05, 0) is 44.6 Å². The number of nitrogens with zero attached hydrogens (tertiary/aromatic N) is 1. The second-order valence-electron chi connectivity index (χ2n) is 5.16. The number of carbonyl (C=O) groups is 1. The minimum atomic E-state index is -3.45. The van der Waals surface area contributed by atoms with Gasteiger partial charge in [-0.2, -0.15) is 0 Å². The first kappa shape index (κ1) is 19.7. The molecule has 1 aromatic rings. The number of nitrogens with one attached hydrogen (secondary N) is 2. The molecule has 0 saturated carbocycles. The molecule has 1 aliphatic heterocycles. The molecule has 130 valence electrons. The first-order valence-electron chi connectivity index (χ1n) is 7.18. The topological polar surface area (TPSA) is 78.5 Å². The Hall–Kier alpha value is -1.38.